The van der Waals surface area contributed by atoms with Gasteiger partial charge < -0.3 is 15.1 Å². The number of aromatic nitrogens is 1. The largest absolute Gasteiger partial charge is 0.376 e. The summed E-state index contributed by atoms with van der Waals surface area (Å²) in [5, 5.41) is 0. The first-order valence-electron chi connectivity index (χ1n) is 5.95. The van der Waals surface area contributed by atoms with Crippen LogP contribution in [0.5, 0.6) is 0 Å². The van der Waals surface area contributed by atoms with Crippen molar-refractivity contribution in [3.05, 3.63) is 24.0 Å². The molecule has 2 atom stereocenters. The van der Waals surface area contributed by atoms with Crippen molar-refractivity contribution in [1.29, 1.82) is 0 Å². The second-order valence-corrected chi connectivity index (χ2v) is 4.42. The molecule has 2 unspecified atom stereocenters. The summed E-state index contributed by atoms with van der Waals surface area (Å²) in [7, 11) is 1.78. The molecule has 0 aromatic carbocycles. The molecule has 1 amide bonds. The Morgan fingerprint density at radius 2 is 2.44 bits per heavy atom. The molecular formula is C12H18N4O2. The number of pyridine rings is 1. The summed E-state index contributed by atoms with van der Waals surface area (Å²) in [5.41, 5.74) is 3.55. The molecule has 0 bridgehead atoms. The number of anilines is 1. The van der Waals surface area contributed by atoms with Crippen LogP contribution in [0.1, 0.15) is 23.8 Å². The summed E-state index contributed by atoms with van der Waals surface area (Å²) in [6, 6.07) is 3.45. The lowest BCUT2D eigenvalue weighted by atomic mass is 10.1. The molecule has 0 spiro atoms. The second-order valence-electron chi connectivity index (χ2n) is 4.42. The number of nitrogens with zero attached hydrogens (tertiary/aromatic N) is 2. The minimum absolute atomic E-state index is 0.0646. The predicted octanol–water partition coefficient (Wildman–Crippen LogP) is 0.617. The van der Waals surface area contributed by atoms with Gasteiger partial charge in [-0.2, -0.15) is 0 Å². The Kier molecular flexibility index (Phi) is 3.78. The van der Waals surface area contributed by atoms with Crippen molar-refractivity contribution >= 4 is 11.6 Å². The van der Waals surface area contributed by atoms with Crippen LogP contribution < -0.4 is 11.3 Å². The van der Waals surface area contributed by atoms with Gasteiger partial charge in [-0.05, 0) is 25.5 Å². The summed E-state index contributed by atoms with van der Waals surface area (Å²) in [6.07, 6.45) is 2.48. The number of nitrogens with one attached hydrogen (secondary N) is 1. The second kappa shape index (κ2) is 5.32. The van der Waals surface area contributed by atoms with Gasteiger partial charge in [-0.25, -0.2) is 0 Å². The van der Waals surface area contributed by atoms with Gasteiger partial charge in [0.2, 0.25) is 0 Å². The van der Waals surface area contributed by atoms with E-state index in [1.165, 1.54) is 0 Å². The first-order chi connectivity index (χ1) is 8.63. The molecule has 1 saturated heterocycles. The van der Waals surface area contributed by atoms with Crippen molar-refractivity contribution in [3.63, 3.8) is 0 Å². The minimum Gasteiger partial charge on any atom is -0.376 e. The molecule has 6 nitrogen and oxygen atoms in total. The third-order valence-electron chi connectivity index (χ3n) is 3.30. The van der Waals surface area contributed by atoms with Gasteiger partial charge in [0.15, 0.2) is 0 Å². The van der Waals surface area contributed by atoms with Crippen LogP contribution >= 0.6 is 0 Å². The summed E-state index contributed by atoms with van der Waals surface area (Å²) < 4.78 is 5.47. The van der Waals surface area contributed by atoms with E-state index in [0.717, 1.165) is 6.42 Å². The average molecular weight is 250 g/mol. The van der Waals surface area contributed by atoms with E-state index in [4.69, 9.17) is 10.6 Å². The Morgan fingerprint density at radius 1 is 1.67 bits per heavy atom. The van der Waals surface area contributed by atoms with Crippen molar-refractivity contribution in [1.82, 2.24) is 9.88 Å². The molecule has 98 valence electrons. The highest BCUT2D eigenvalue weighted by atomic mass is 16.5. The van der Waals surface area contributed by atoms with Crippen molar-refractivity contribution in [2.45, 2.75) is 25.5 Å². The molecule has 0 radical (unpaired) electrons. The lowest BCUT2D eigenvalue weighted by Gasteiger charge is -2.26. The Bertz CT molecular complexity index is 438. The molecule has 0 saturated carbocycles. The zero-order chi connectivity index (χ0) is 13.1. The summed E-state index contributed by atoms with van der Waals surface area (Å²) in [5.74, 6) is 5.20. The monoisotopic (exact) mass is 250 g/mol. The first kappa shape index (κ1) is 12.8. The smallest absolute Gasteiger partial charge is 0.272 e. The number of nitrogen functional groups attached to an aromatic ring is 1. The molecular weight excluding hydrogens is 232 g/mol. The third kappa shape index (κ3) is 2.44. The molecule has 1 fully saturated rings. The minimum atomic E-state index is -0.116. The number of carbonyl (C=O) groups excluding carboxylic acids is 1. The van der Waals surface area contributed by atoms with Crippen LogP contribution in [0.4, 0.5) is 5.69 Å². The number of hydrazine groups is 1. The van der Waals surface area contributed by atoms with Gasteiger partial charge >= 0.3 is 0 Å². The number of hydrogen-bond donors (Lipinski definition) is 2. The number of amides is 1. The predicted molar refractivity (Wildman–Crippen MR) is 68.0 cm³/mol. The lowest BCUT2D eigenvalue weighted by molar-refractivity contribution is 0.0570. The molecule has 18 heavy (non-hydrogen) atoms. The van der Waals surface area contributed by atoms with Crippen LogP contribution in [-0.4, -0.2) is 41.6 Å². The fraction of sp³-hybridized carbons (Fsp3) is 0.500. The number of ether oxygens (including phenoxy) is 1. The van der Waals surface area contributed by atoms with Gasteiger partial charge in [-0.15, -0.1) is 0 Å². The molecule has 1 aromatic heterocycles. The van der Waals surface area contributed by atoms with Crippen molar-refractivity contribution < 1.29 is 9.53 Å². The van der Waals surface area contributed by atoms with E-state index in [1.54, 1.807) is 30.3 Å². The first-order valence-corrected chi connectivity index (χ1v) is 5.95. The fourth-order valence-electron chi connectivity index (χ4n) is 2.20. The van der Waals surface area contributed by atoms with Crippen LogP contribution in [0.3, 0.4) is 0 Å². The normalized spacial score (nSPS) is 22.8. The number of hydrogen-bond acceptors (Lipinski definition) is 5. The molecule has 2 heterocycles. The van der Waals surface area contributed by atoms with Gasteiger partial charge in [0, 0.05) is 19.9 Å². The van der Waals surface area contributed by atoms with Crippen LogP contribution in [0.25, 0.3) is 0 Å². The fourth-order valence-corrected chi connectivity index (χ4v) is 2.20. The van der Waals surface area contributed by atoms with Crippen molar-refractivity contribution in [2.75, 3.05) is 19.1 Å². The van der Waals surface area contributed by atoms with Crippen LogP contribution in [0.15, 0.2) is 18.3 Å². The van der Waals surface area contributed by atoms with Crippen LogP contribution in [0, 0.1) is 0 Å². The van der Waals surface area contributed by atoms with E-state index in [0.29, 0.717) is 18.0 Å². The highest BCUT2D eigenvalue weighted by molar-refractivity contribution is 5.93. The van der Waals surface area contributed by atoms with Crippen molar-refractivity contribution in [3.8, 4) is 0 Å². The zero-order valence-corrected chi connectivity index (χ0v) is 10.6. The highest BCUT2D eigenvalue weighted by Crippen LogP contribution is 2.20. The van der Waals surface area contributed by atoms with Crippen molar-refractivity contribution in [2.24, 2.45) is 5.84 Å². The topological polar surface area (TPSA) is 80.5 Å². The van der Waals surface area contributed by atoms with Crippen LogP contribution in [-0.2, 0) is 4.74 Å². The van der Waals surface area contributed by atoms with E-state index in [1.807, 2.05) is 6.92 Å². The Hall–Kier alpha value is -1.66. The molecule has 1 aromatic rings. The summed E-state index contributed by atoms with van der Waals surface area (Å²) >= 11 is 0. The van der Waals surface area contributed by atoms with E-state index in [9.17, 15) is 4.79 Å². The maximum absolute atomic E-state index is 12.3. The SMILES string of the molecule is CC1OCCC1N(C)C(=O)c1cc(NN)ccn1. The Balaban J connectivity index is 2.14. The maximum Gasteiger partial charge on any atom is 0.272 e. The van der Waals surface area contributed by atoms with Gasteiger partial charge in [0.25, 0.3) is 5.91 Å². The lowest BCUT2D eigenvalue weighted by Crippen LogP contribution is -2.41. The van der Waals surface area contributed by atoms with E-state index >= 15 is 0 Å². The zero-order valence-electron chi connectivity index (χ0n) is 10.6. The Labute approximate surface area is 106 Å². The number of nitrogens with two attached hydrogens (primary N) is 1. The van der Waals surface area contributed by atoms with Gasteiger partial charge in [0.1, 0.15) is 5.69 Å². The number of rotatable bonds is 3. The highest BCUT2D eigenvalue weighted by Gasteiger charge is 2.31. The summed E-state index contributed by atoms with van der Waals surface area (Å²) in [4.78, 5) is 18.1. The molecule has 2 rings (SSSR count). The molecule has 1 aliphatic rings. The average Bonchev–Trinajstić information content (AvgIpc) is 2.83. The standard InChI is InChI=1S/C12H18N4O2/c1-8-11(4-6-18-8)16(2)12(17)10-7-9(15-13)3-5-14-10/h3,5,7-8,11H,4,6,13H2,1-2H3,(H,14,15). The third-order valence-corrected chi connectivity index (χ3v) is 3.30. The van der Waals surface area contributed by atoms with Gasteiger partial charge in [-0.3, -0.25) is 15.6 Å². The summed E-state index contributed by atoms with van der Waals surface area (Å²) in [6.45, 7) is 2.67. The maximum atomic E-state index is 12.3. The van der Waals surface area contributed by atoms with E-state index in [2.05, 4.69) is 10.4 Å². The molecule has 0 aliphatic carbocycles. The van der Waals surface area contributed by atoms with Crippen LogP contribution in [0.2, 0.25) is 0 Å². The van der Waals surface area contributed by atoms with Gasteiger partial charge in [0.05, 0.1) is 17.8 Å². The van der Waals surface area contributed by atoms with E-state index < -0.39 is 0 Å². The Morgan fingerprint density at radius 3 is 3.06 bits per heavy atom. The quantitative estimate of drug-likeness (QED) is 0.607. The molecule has 3 N–H and O–H groups in total. The molecule has 1 aliphatic heterocycles. The van der Waals surface area contributed by atoms with Gasteiger partial charge in [-0.1, -0.05) is 0 Å². The number of likely N-dealkylation sites (N-methyl/N-ethyl adjacent to an activating group) is 1. The van der Waals surface area contributed by atoms with E-state index in [-0.39, 0.29) is 18.1 Å². The number of carbonyl (C=O) groups is 1. The molecule has 6 heteroatoms.